The maximum atomic E-state index is 12.3. The molecule has 0 bridgehead atoms. The number of nitrogens with zero attached hydrogens (tertiary/aromatic N) is 3. The smallest absolute Gasteiger partial charge is 0.314 e. The first-order valence-electron chi connectivity index (χ1n) is 11.6. The van der Waals surface area contributed by atoms with E-state index in [4.69, 9.17) is 9.47 Å². The summed E-state index contributed by atoms with van der Waals surface area (Å²) >= 11 is 1.19. The minimum absolute atomic E-state index is 0.192. The van der Waals surface area contributed by atoms with E-state index in [0.29, 0.717) is 30.1 Å². The molecule has 1 aliphatic heterocycles. The van der Waals surface area contributed by atoms with Crippen LogP contribution in [0.3, 0.4) is 0 Å². The van der Waals surface area contributed by atoms with E-state index >= 15 is 0 Å². The van der Waals surface area contributed by atoms with Crippen LogP contribution in [0.4, 0.5) is 0 Å². The molecule has 1 atom stereocenters. The van der Waals surface area contributed by atoms with Crippen molar-refractivity contribution in [3.05, 3.63) is 47.7 Å². The number of benzene rings is 1. The molecule has 1 aliphatic rings. The van der Waals surface area contributed by atoms with Crippen LogP contribution in [0.5, 0.6) is 5.88 Å². The second-order valence-corrected chi connectivity index (χ2v) is 9.09. The third-order valence-corrected chi connectivity index (χ3v) is 5.85. The molecule has 0 amide bonds. The van der Waals surface area contributed by atoms with Gasteiger partial charge in [0.2, 0.25) is 6.73 Å². The maximum Gasteiger partial charge on any atom is 0.314 e. The normalized spacial score (nSPS) is 17.5. The fraction of sp³-hybridized carbons (Fsp3) is 0.560. The van der Waals surface area contributed by atoms with E-state index in [1.54, 1.807) is 14.2 Å². The van der Waals surface area contributed by atoms with Crippen molar-refractivity contribution >= 4 is 23.3 Å². The molecule has 1 unspecified atom stereocenters. The van der Waals surface area contributed by atoms with E-state index in [0.717, 1.165) is 42.8 Å². The van der Waals surface area contributed by atoms with Gasteiger partial charge in [0.25, 0.3) is 5.88 Å². The first-order valence-corrected chi connectivity index (χ1v) is 12.3. The Morgan fingerprint density at radius 3 is 2.61 bits per heavy atom. The number of quaternary nitrogens is 1. The van der Waals surface area contributed by atoms with Gasteiger partial charge in [0.15, 0.2) is 0 Å². The van der Waals surface area contributed by atoms with Crippen LogP contribution in [0.25, 0.3) is 5.57 Å². The molecule has 0 aliphatic carbocycles. The molecule has 1 aromatic carbocycles. The minimum Gasteiger partial charge on any atom is -0.475 e. The molecule has 0 radical (unpaired) electrons. The van der Waals surface area contributed by atoms with Gasteiger partial charge in [-0.15, -0.1) is 4.37 Å². The zero-order valence-electron chi connectivity index (χ0n) is 20.4. The lowest BCUT2D eigenvalue weighted by Gasteiger charge is -2.36. The van der Waals surface area contributed by atoms with Crippen molar-refractivity contribution in [3.63, 3.8) is 0 Å². The number of hydrogen-bond acceptors (Lipinski definition) is 7. The van der Waals surface area contributed by atoms with Crippen LogP contribution in [0.2, 0.25) is 0 Å². The number of carbonyl (C=O) groups is 1. The Bertz CT molecular complexity index is 856. The molecule has 8 heteroatoms. The van der Waals surface area contributed by atoms with Crippen LogP contribution in [0, 0.1) is 0 Å². The van der Waals surface area contributed by atoms with E-state index in [2.05, 4.69) is 33.5 Å². The Morgan fingerprint density at radius 2 is 1.88 bits per heavy atom. The summed E-state index contributed by atoms with van der Waals surface area (Å²) in [4.78, 5) is 12.3. The number of likely N-dealkylation sites (N-methyl/N-ethyl adjacent to an activating group) is 1. The number of carbonyl (C=O) groups excluding carboxylic acids is 1. The van der Waals surface area contributed by atoms with Crippen LogP contribution in [-0.4, -0.2) is 66.9 Å². The van der Waals surface area contributed by atoms with E-state index in [9.17, 15) is 4.79 Å². The second kappa shape index (κ2) is 14.8. The average Bonchev–Trinajstić information content (AvgIpc) is 3.28. The Balaban J connectivity index is 0.00000122. The first kappa shape index (κ1) is 27.0. The molecule has 3 rings (SSSR count). The third-order valence-electron chi connectivity index (χ3n) is 5.34. The Morgan fingerprint density at radius 1 is 1.12 bits per heavy atom. The van der Waals surface area contributed by atoms with E-state index < -0.39 is 0 Å². The summed E-state index contributed by atoms with van der Waals surface area (Å²) in [6.45, 7) is 4.90. The van der Waals surface area contributed by atoms with Gasteiger partial charge in [-0.25, -0.2) is 0 Å². The van der Waals surface area contributed by atoms with Crippen LogP contribution in [-0.2, 0) is 20.7 Å². The van der Waals surface area contributed by atoms with Gasteiger partial charge in [0, 0.05) is 26.2 Å². The zero-order valence-corrected chi connectivity index (χ0v) is 21.2. The minimum atomic E-state index is -0.192. The first-order chi connectivity index (χ1) is 16.0. The van der Waals surface area contributed by atoms with Crippen molar-refractivity contribution in [2.45, 2.75) is 45.4 Å². The topological polar surface area (TPSA) is 70.5 Å². The highest BCUT2D eigenvalue weighted by Gasteiger charge is 2.31. The summed E-state index contributed by atoms with van der Waals surface area (Å²) in [5.74, 6) is 0.445. The molecule has 0 saturated carbocycles. The van der Waals surface area contributed by atoms with Crippen molar-refractivity contribution in [2.75, 3.05) is 47.7 Å². The van der Waals surface area contributed by atoms with Crippen molar-refractivity contribution in [2.24, 2.45) is 0 Å². The van der Waals surface area contributed by atoms with Crippen LogP contribution in [0.1, 0.15) is 50.3 Å². The monoisotopic (exact) mass is 476 g/mol. The zero-order chi connectivity index (χ0) is 23.9. The summed E-state index contributed by atoms with van der Waals surface area (Å²) in [7, 11) is 5.37. The van der Waals surface area contributed by atoms with E-state index in [-0.39, 0.29) is 5.97 Å². The summed E-state index contributed by atoms with van der Waals surface area (Å²) in [5, 5.41) is 0. The number of hydrogen-bond donors (Lipinski definition) is 0. The highest BCUT2D eigenvalue weighted by Crippen LogP contribution is 2.30. The van der Waals surface area contributed by atoms with Crippen molar-refractivity contribution in [3.8, 4) is 5.88 Å². The van der Waals surface area contributed by atoms with E-state index in [1.165, 1.54) is 31.0 Å². The molecule has 182 valence electrons. The van der Waals surface area contributed by atoms with Gasteiger partial charge in [-0.05, 0) is 12.0 Å². The van der Waals surface area contributed by atoms with E-state index in [1.807, 2.05) is 30.3 Å². The average molecular weight is 477 g/mol. The number of unbranched alkanes of at least 4 members (excludes halogenated alkanes) is 3. The molecule has 0 N–H and O–H groups in total. The predicted octanol–water partition coefficient (Wildman–Crippen LogP) is 4.74. The summed E-state index contributed by atoms with van der Waals surface area (Å²) in [6, 6.07) is 9.70. The maximum absolute atomic E-state index is 12.3. The fourth-order valence-electron chi connectivity index (χ4n) is 3.60. The fourth-order valence-corrected chi connectivity index (χ4v) is 4.13. The SMILES string of the molecule is CCCCCCOc1nsnc1C1=CCC[N+](C)(COC(=O)Cc2ccccc2)C1.COC. The largest absolute Gasteiger partial charge is 0.475 e. The highest BCUT2D eigenvalue weighted by atomic mass is 32.1. The molecule has 0 saturated heterocycles. The molecule has 0 spiro atoms. The number of methoxy groups -OCH3 is 1. The van der Waals surface area contributed by atoms with Gasteiger partial charge >= 0.3 is 5.97 Å². The van der Waals surface area contributed by atoms with Crippen molar-refractivity contribution in [1.29, 1.82) is 0 Å². The lowest BCUT2D eigenvalue weighted by atomic mass is 10.1. The predicted molar refractivity (Wildman–Crippen MR) is 132 cm³/mol. The Labute approximate surface area is 202 Å². The molecule has 1 aromatic heterocycles. The molecule has 0 fully saturated rings. The number of esters is 1. The number of rotatable bonds is 11. The van der Waals surface area contributed by atoms with Crippen molar-refractivity contribution in [1.82, 2.24) is 8.75 Å². The second-order valence-electron chi connectivity index (χ2n) is 8.56. The molecular weight excluding hydrogens is 438 g/mol. The summed E-state index contributed by atoms with van der Waals surface area (Å²) in [5.41, 5.74) is 2.94. The lowest BCUT2D eigenvalue weighted by Crippen LogP contribution is -2.49. The molecule has 2 aromatic rings. The Kier molecular flexibility index (Phi) is 12.1. The van der Waals surface area contributed by atoms with Gasteiger partial charge in [-0.3, -0.25) is 9.28 Å². The molecule has 33 heavy (non-hydrogen) atoms. The Hall–Kier alpha value is -2.29. The summed E-state index contributed by atoms with van der Waals surface area (Å²) in [6.07, 6.45) is 8.08. The van der Waals surface area contributed by atoms with Gasteiger partial charge in [0.1, 0.15) is 12.2 Å². The van der Waals surface area contributed by atoms with Crippen molar-refractivity contribution < 1.29 is 23.5 Å². The third kappa shape index (κ3) is 9.61. The van der Waals surface area contributed by atoms with Gasteiger partial charge in [0.05, 0.1) is 38.3 Å². The standard InChI is InChI=1S/C23H32N3O3S.C2H6O/c1-3-4-5-9-15-28-23-22(24-30-25-23)20-13-10-14-26(2,17-20)18-29-21(27)16-19-11-7-6-8-12-19;1-3-2/h6-8,11-13H,3-5,9-10,14-18H2,1-2H3;1-2H3/q+1;. The number of aromatic nitrogens is 2. The van der Waals surface area contributed by atoms with Gasteiger partial charge < -0.3 is 14.2 Å². The van der Waals surface area contributed by atoms with Crippen LogP contribution >= 0.6 is 11.7 Å². The highest BCUT2D eigenvalue weighted by molar-refractivity contribution is 6.99. The van der Waals surface area contributed by atoms with Gasteiger partial charge in [-0.1, -0.05) is 62.6 Å². The summed E-state index contributed by atoms with van der Waals surface area (Å²) < 4.78 is 25.3. The van der Waals surface area contributed by atoms with Gasteiger partial charge in [-0.2, -0.15) is 4.37 Å². The lowest BCUT2D eigenvalue weighted by molar-refractivity contribution is -0.919. The quantitative estimate of drug-likeness (QED) is 0.265. The molecule has 2 heterocycles. The molecular formula is C25H38N3O4S+. The number of ether oxygens (including phenoxy) is 3. The molecule has 7 nitrogen and oxygen atoms in total. The van der Waals surface area contributed by atoms with Crippen LogP contribution < -0.4 is 4.74 Å². The van der Waals surface area contributed by atoms with Crippen LogP contribution in [0.15, 0.2) is 36.4 Å².